The molecule has 4 aromatic rings. The third-order valence-corrected chi connectivity index (χ3v) is 6.02. The lowest BCUT2D eigenvalue weighted by Gasteiger charge is -2.15. The molecule has 2 heterocycles. The molecule has 0 bridgehead atoms. The van der Waals surface area contributed by atoms with Crippen LogP contribution in [-0.4, -0.2) is 60.8 Å². The maximum Gasteiger partial charge on any atom is 0.203 e. The highest BCUT2D eigenvalue weighted by Crippen LogP contribution is 2.39. The van der Waals surface area contributed by atoms with Gasteiger partial charge >= 0.3 is 0 Å². The highest BCUT2D eigenvalue weighted by molar-refractivity contribution is 7.13. The second-order valence-electron chi connectivity index (χ2n) is 7.21. The lowest BCUT2D eigenvalue weighted by Crippen LogP contribution is -2.09. The molecule has 2 aromatic heterocycles. The van der Waals surface area contributed by atoms with Crippen LogP contribution in [0.2, 0.25) is 0 Å². The van der Waals surface area contributed by atoms with E-state index in [1.807, 2.05) is 17.5 Å². The molecule has 0 spiro atoms. The van der Waals surface area contributed by atoms with E-state index in [0.717, 1.165) is 16.3 Å². The minimum atomic E-state index is -0.242. The van der Waals surface area contributed by atoms with Crippen LogP contribution in [0.15, 0.2) is 48.4 Å². The highest BCUT2D eigenvalue weighted by atomic mass is 32.1. The van der Waals surface area contributed by atoms with Gasteiger partial charge in [0.25, 0.3) is 0 Å². The van der Waals surface area contributed by atoms with E-state index in [1.165, 1.54) is 45.3 Å². The van der Waals surface area contributed by atoms with E-state index in [-0.39, 0.29) is 12.6 Å². The Bertz CT molecular complexity index is 1280. The van der Waals surface area contributed by atoms with Crippen LogP contribution in [0.1, 0.15) is 21.6 Å². The predicted molar refractivity (Wildman–Crippen MR) is 129 cm³/mol. The Kier molecular flexibility index (Phi) is 7.70. The molecular weight excluding hydrogens is 472 g/mol. The number of hydrogen-bond acceptors (Lipinski definition) is 10. The van der Waals surface area contributed by atoms with Gasteiger partial charge in [0.15, 0.2) is 17.3 Å². The van der Waals surface area contributed by atoms with Crippen molar-refractivity contribution in [3.63, 3.8) is 0 Å². The van der Waals surface area contributed by atoms with Gasteiger partial charge in [0.05, 0.1) is 39.3 Å². The fourth-order valence-electron chi connectivity index (χ4n) is 3.48. The van der Waals surface area contributed by atoms with Gasteiger partial charge in [-0.25, -0.2) is 14.6 Å². The summed E-state index contributed by atoms with van der Waals surface area (Å²) >= 11 is 1.48. The Balaban J connectivity index is 1.74. The van der Waals surface area contributed by atoms with Crippen LogP contribution < -0.4 is 14.2 Å². The van der Waals surface area contributed by atoms with Gasteiger partial charge in [-0.15, -0.1) is 11.3 Å². The molecule has 0 unspecified atom stereocenters. The van der Waals surface area contributed by atoms with Crippen molar-refractivity contribution < 1.29 is 28.5 Å². The van der Waals surface area contributed by atoms with Crippen molar-refractivity contribution in [3.8, 4) is 33.5 Å². The second kappa shape index (κ2) is 11.1. The first-order valence-corrected chi connectivity index (χ1v) is 11.3. The summed E-state index contributed by atoms with van der Waals surface area (Å²) in [5.41, 5.74) is 2.99. The number of aromatic nitrogens is 4. The zero-order chi connectivity index (χ0) is 24.8. The third-order valence-electron chi connectivity index (χ3n) is 5.08. The van der Waals surface area contributed by atoms with Gasteiger partial charge in [-0.05, 0) is 24.3 Å². The van der Waals surface area contributed by atoms with Crippen LogP contribution in [0.25, 0.3) is 16.3 Å². The van der Waals surface area contributed by atoms with E-state index in [4.69, 9.17) is 23.7 Å². The second-order valence-corrected chi connectivity index (χ2v) is 8.07. The molecule has 0 aliphatic carbocycles. The molecule has 2 aromatic carbocycles. The summed E-state index contributed by atoms with van der Waals surface area (Å²) in [5.74, 6) is 0.946. The van der Waals surface area contributed by atoms with Crippen molar-refractivity contribution in [2.24, 2.45) is 0 Å². The molecular formula is C24H24N4O6S. The largest absolute Gasteiger partial charge is 0.493 e. The molecule has 0 amide bonds. The van der Waals surface area contributed by atoms with Gasteiger partial charge in [0.1, 0.15) is 24.5 Å². The van der Waals surface area contributed by atoms with E-state index in [0.29, 0.717) is 40.7 Å². The first-order chi connectivity index (χ1) is 17.1. The van der Waals surface area contributed by atoms with Crippen LogP contribution in [-0.2, 0) is 16.1 Å². The lowest BCUT2D eigenvalue weighted by molar-refractivity contribution is -0.0399. The van der Waals surface area contributed by atoms with Crippen molar-refractivity contribution in [2.45, 2.75) is 6.61 Å². The maximum atomic E-state index is 13.6. The average Bonchev–Trinajstić information content (AvgIpc) is 3.60. The van der Waals surface area contributed by atoms with Crippen molar-refractivity contribution in [1.82, 2.24) is 19.7 Å². The third kappa shape index (κ3) is 5.16. The fourth-order valence-corrected chi connectivity index (χ4v) is 4.28. The summed E-state index contributed by atoms with van der Waals surface area (Å²) in [7, 11) is 6.09. The average molecular weight is 497 g/mol. The minimum Gasteiger partial charge on any atom is -0.493 e. The number of hydrogen-bond donors (Lipinski definition) is 0. The van der Waals surface area contributed by atoms with Gasteiger partial charge < -0.3 is 23.7 Å². The normalized spacial score (nSPS) is 10.9. The van der Waals surface area contributed by atoms with Gasteiger partial charge in [-0.2, -0.15) is 5.10 Å². The van der Waals surface area contributed by atoms with Crippen LogP contribution in [0.4, 0.5) is 0 Å². The summed E-state index contributed by atoms with van der Waals surface area (Å²) in [6, 6.07) is 8.70. The van der Waals surface area contributed by atoms with Gasteiger partial charge in [-0.3, -0.25) is 4.79 Å². The van der Waals surface area contributed by atoms with Gasteiger partial charge in [-0.1, -0.05) is 6.07 Å². The molecule has 35 heavy (non-hydrogen) atoms. The van der Waals surface area contributed by atoms with E-state index in [2.05, 4.69) is 15.1 Å². The number of thiazole rings is 1. The van der Waals surface area contributed by atoms with Gasteiger partial charge in [0.2, 0.25) is 5.75 Å². The summed E-state index contributed by atoms with van der Waals surface area (Å²) in [6.07, 6.45) is 2.95. The number of carbonyl (C=O) groups excluding carboxylic acids is 1. The molecule has 0 fully saturated rings. The van der Waals surface area contributed by atoms with Crippen molar-refractivity contribution in [2.75, 3.05) is 35.2 Å². The topological polar surface area (TPSA) is 107 Å². The van der Waals surface area contributed by atoms with E-state index < -0.39 is 0 Å². The van der Waals surface area contributed by atoms with Gasteiger partial charge in [0, 0.05) is 29.2 Å². The molecule has 0 aliphatic rings. The smallest absolute Gasteiger partial charge is 0.203 e. The first-order valence-electron chi connectivity index (χ1n) is 10.4. The molecule has 0 saturated heterocycles. The summed E-state index contributed by atoms with van der Waals surface area (Å²) in [5, 5.41) is 6.95. The van der Waals surface area contributed by atoms with Crippen molar-refractivity contribution in [1.29, 1.82) is 0 Å². The number of rotatable bonds is 11. The number of carbonyl (C=O) groups is 1. The molecule has 182 valence electrons. The number of methoxy groups -OCH3 is 4. The quantitative estimate of drug-likeness (QED) is 0.174. The fraction of sp³-hybridized carbons (Fsp3) is 0.250. The lowest BCUT2D eigenvalue weighted by atomic mass is 9.99. The van der Waals surface area contributed by atoms with Crippen LogP contribution in [0.3, 0.4) is 0 Å². The number of ether oxygens (including phenoxy) is 5. The molecule has 10 nitrogen and oxygen atoms in total. The SMILES string of the molecule is COCOCc1csc(-c2ccc(C(=O)c3cc(OC)c(OC)c(OC)c3)c(-n3cncn3)c2)n1. The Morgan fingerprint density at radius 1 is 1.03 bits per heavy atom. The van der Waals surface area contributed by atoms with Crippen molar-refractivity contribution >= 4 is 17.1 Å². The summed E-state index contributed by atoms with van der Waals surface area (Å²) in [4.78, 5) is 22.3. The van der Waals surface area contributed by atoms with Crippen LogP contribution >= 0.6 is 11.3 Å². The Labute approximate surface area is 206 Å². The molecule has 0 N–H and O–H groups in total. The number of nitrogens with zero attached hydrogens (tertiary/aromatic N) is 4. The van der Waals surface area contributed by atoms with Crippen molar-refractivity contribution in [3.05, 3.63) is 65.2 Å². The zero-order valence-electron chi connectivity index (χ0n) is 19.7. The minimum absolute atomic E-state index is 0.195. The van der Waals surface area contributed by atoms with E-state index in [9.17, 15) is 4.79 Å². The number of ketones is 1. The standard InChI is InChI=1S/C24H24N4O6S/c1-30-14-34-10-17-11-35-24(27-17)15-5-6-18(19(7-15)28-13-25-12-26-28)22(29)16-8-20(31-2)23(33-4)21(9-16)32-3/h5-9,11-13H,10,14H2,1-4H3. The molecule has 4 rings (SSSR count). The first kappa shape index (κ1) is 24.3. The maximum absolute atomic E-state index is 13.6. The Morgan fingerprint density at radius 3 is 2.43 bits per heavy atom. The molecule has 0 aliphatic heterocycles. The molecule has 0 atom stereocenters. The number of benzene rings is 2. The predicted octanol–water partition coefficient (Wildman–Crippen LogP) is 3.77. The van der Waals surface area contributed by atoms with E-state index in [1.54, 1.807) is 30.0 Å². The Morgan fingerprint density at radius 2 is 1.80 bits per heavy atom. The molecule has 0 saturated carbocycles. The molecule has 11 heteroatoms. The van der Waals surface area contributed by atoms with Crippen LogP contribution in [0, 0.1) is 0 Å². The summed E-state index contributed by atoms with van der Waals surface area (Å²) in [6.45, 7) is 0.541. The van der Waals surface area contributed by atoms with Crippen LogP contribution in [0.5, 0.6) is 17.2 Å². The highest BCUT2D eigenvalue weighted by Gasteiger charge is 2.22. The summed E-state index contributed by atoms with van der Waals surface area (Å²) < 4.78 is 28.0. The van der Waals surface area contributed by atoms with E-state index >= 15 is 0 Å². The molecule has 0 radical (unpaired) electrons. The monoisotopic (exact) mass is 496 g/mol. The Hall–Kier alpha value is -3.80. The zero-order valence-corrected chi connectivity index (χ0v) is 20.5.